The Morgan fingerprint density at radius 3 is 2.86 bits per heavy atom. The van der Waals surface area contributed by atoms with Crippen molar-refractivity contribution in [3.8, 4) is 0 Å². The number of amides is 1. The lowest BCUT2D eigenvalue weighted by Gasteiger charge is -2.39. The average Bonchev–Trinajstić information content (AvgIpc) is 2.53. The van der Waals surface area contributed by atoms with Gasteiger partial charge in [-0.1, -0.05) is 37.1 Å². The van der Waals surface area contributed by atoms with E-state index < -0.39 is 0 Å². The number of nitrogens with one attached hydrogen (secondary N) is 2. The maximum Gasteiger partial charge on any atom is 0.237 e. The standard InChI is InChI=1S/C18H26N2O/c1-13-6-2-3-8-15(13)12-19-18(21)17-11-10-14-7-4-5-9-16(14)20-17/h2-3,6,8,14,16-17,20H,4-5,7,9-12H2,1H3,(H,19,21). The van der Waals surface area contributed by atoms with Crippen LogP contribution in [0.1, 0.15) is 49.7 Å². The molecule has 1 amide bonds. The molecular formula is C18H26N2O. The first-order chi connectivity index (χ1) is 10.2. The fourth-order valence-corrected chi connectivity index (χ4v) is 3.82. The van der Waals surface area contributed by atoms with E-state index in [0.717, 1.165) is 12.3 Å². The summed E-state index contributed by atoms with van der Waals surface area (Å²) in [6.07, 6.45) is 7.46. The molecule has 3 rings (SSSR count). The average molecular weight is 286 g/mol. The van der Waals surface area contributed by atoms with Gasteiger partial charge in [-0.05, 0) is 49.7 Å². The molecule has 1 heterocycles. The van der Waals surface area contributed by atoms with Crippen molar-refractivity contribution in [1.29, 1.82) is 0 Å². The Balaban J connectivity index is 1.53. The Hall–Kier alpha value is -1.35. The van der Waals surface area contributed by atoms with E-state index in [0.29, 0.717) is 12.6 Å². The summed E-state index contributed by atoms with van der Waals surface area (Å²) in [5.41, 5.74) is 2.44. The highest BCUT2D eigenvalue weighted by atomic mass is 16.2. The number of hydrogen-bond donors (Lipinski definition) is 2. The summed E-state index contributed by atoms with van der Waals surface area (Å²) < 4.78 is 0. The summed E-state index contributed by atoms with van der Waals surface area (Å²) in [6, 6.07) is 8.82. The van der Waals surface area contributed by atoms with Gasteiger partial charge in [0.1, 0.15) is 0 Å². The number of piperidine rings is 1. The molecule has 0 radical (unpaired) electrons. The second-order valence-electron chi connectivity index (χ2n) is 6.59. The molecule has 2 aliphatic rings. The molecular weight excluding hydrogens is 260 g/mol. The highest BCUT2D eigenvalue weighted by molar-refractivity contribution is 5.81. The van der Waals surface area contributed by atoms with Crippen LogP contribution >= 0.6 is 0 Å². The van der Waals surface area contributed by atoms with Crippen LogP contribution in [-0.4, -0.2) is 18.0 Å². The maximum atomic E-state index is 12.4. The van der Waals surface area contributed by atoms with E-state index in [1.54, 1.807) is 0 Å². The Morgan fingerprint density at radius 1 is 1.19 bits per heavy atom. The molecule has 2 fully saturated rings. The van der Waals surface area contributed by atoms with Gasteiger partial charge in [0.25, 0.3) is 0 Å². The Morgan fingerprint density at radius 2 is 2.00 bits per heavy atom. The van der Waals surface area contributed by atoms with Crippen molar-refractivity contribution in [1.82, 2.24) is 10.6 Å². The van der Waals surface area contributed by atoms with Gasteiger partial charge >= 0.3 is 0 Å². The van der Waals surface area contributed by atoms with Crippen molar-refractivity contribution in [2.24, 2.45) is 5.92 Å². The molecule has 1 aliphatic carbocycles. The number of carbonyl (C=O) groups excluding carboxylic acids is 1. The molecule has 114 valence electrons. The first-order valence-corrected chi connectivity index (χ1v) is 8.32. The molecule has 3 unspecified atom stereocenters. The summed E-state index contributed by atoms with van der Waals surface area (Å²) in [6.45, 7) is 2.73. The third-order valence-corrected chi connectivity index (χ3v) is 5.18. The first-order valence-electron chi connectivity index (χ1n) is 8.32. The monoisotopic (exact) mass is 286 g/mol. The fourth-order valence-electron chi connectivity index (χ4n) is 3.82. The van der Waals surface area contributed by atoms with Crippen molar-refractivity contribution >= 4 is 5.91 Å². The molecule has 21 heavy (non-hydrogen) atoms. The minimum absolute atomic E-state index is 0.00775. The van der Waals surface area contributed by atoms with E-state index in [-0.39, 0.29) is 11.9 Å². The minimum Gasteiger partial charge on any atom is -0.351 e. The third-order valence-electron chi connectivity index (χ3n) is 5.18. The molecule has 2 N–H and O–H groups in total. The van der Waals surface area contributed by atoms with Crippen molar-refractivity contribution in [2.45, 2.75) is 64.1 Å². The van der Waals surface area contributed by atoms with Gasteiger partial charge in [0, 0.05) is 12.6 Å². The molecule has 1 aliphatic heterocycles. The molecule has 3 heteroatoms. The second-order valence-corrected chi connectivity index (χ2v) is 6.59. The Labute approximate surface area is 127 Å². The molecule has 3 nitrogen and oxygen atoms in total. The van der Waals surface area contributed by atoms with Crippen LogP contribution in [0.4, 0.5) is 0 Å². The second kappa shape index (κ2) is 6.61. The molecule has 1 aromatic rings. The lowest BCUT2D eigenvalue weighted by Crippen LogP contribution is -2.54. The molecule has 1 saturated carbocycles. The topological polar surface area (TPSA) is 41.1 Å². The van der Waals surface area contributed by atoms with Crippen molar-refractivity contribution in [3.05, 3.63) is 35.4 Å². The van der Waals surface area contributed by atoms with Gasteiger partial charge in [-0.25, -0.2) is 0 Å². The van der Waals surface area contributed by atoms with Crippen molar-refractivity contribution < 1.29 is 4.79 Å². The van der Waals surface area contributed by atoms with E-state index >= 15 is 0 Å². The smallest absolute Gasteiger partial charge is 0.237 e. The van der Waals surface area contributed by atoms with Gasteiger partial charge in [-0.2, -0.15) is 0 Å². The van der Waals surface area contributed by atoms with Gasteiger partial charge in [-0.3, -0.25) is 4.79 Å². The molecule has 1 aromatic carbocycles. The lowest BCUT2D eigenvalue weighted by atomic mass is 9.77. The Kier molecular flexibility index (Phi) is 4.59. The molecule has 0 bridgehead atoms. The van der Waals surface area contributed by atoms with Crippen LogP contribution in [-0.2, 0) is 11.3 Å². The van der Waals surface area contributed by atoms with Crippen LogP contribution in [0.15, 0.2) is 24.3 Å². The van der Waals surface area contributed by atoms with Crippen LogP contribution in [0.25, 0.3) is 0 Å². The fraction of sp³-hybridized carbons (Fsp3) is 0.611. The number of rotatable bonds is 3. The van der Waals surface area contributed by atoms with Crippen LogP contribution in [0.2, 0.25) is 0 Å². The van der Waals surface area contributed by atoms with Gasteiger partial charge in [0.2, 0.25) is 5.91 Å². The van der Waals surface area contributed by atoms with Crippen LogP contribution < -0.4 is 10.6 Å². The quantitative estimate of drug-likeness (QED) is 0.897. The van der Waals surface area contributed by atoms with Crippen molar-refractivity contribution in [2.75, 3.05) is 0 Å². The van der Waals surface area contributed by atoms with E-state index in [1.807, 2.05) is 12.1 Å². The number of benzene rings is 1. The molecule has 1 saturated heterocycles. The van der Waals surface area contributed by atoms with Gasteiger partial charge in [-0.15, -0.1) is 0 Å². The maximum absolute atomic E-state index is 12.4. The predicted octanol–water partition coefficient (Wildman–Crippen LogP) is 2.92. The lowest BCUT2D eigenvalue weighted by molar-refractivity contribution is -0.124. The van der Waals surface area contributed by atoms with E-state index in [4.69, 9.17) is 0 Å². The number of carbonyl (C=O) groups is 1. The number of aryl methyl sites for hydroxylation is 1. The largest absolute Gasteiger partial charge is 0.351 e. The molecule has 0 aromatic heterocycles. The van der Waals surface area contributed by atoms with Crippen molar-refractivity contribution in [3.63, 3.8) is 0 Å². The van der Waals surface area contributed by atoms with Crippen LogP contribution in [0.5, 0.6) is 0 Å². The molecule has 0 spiro atoms. The summed E-state index contributed by atoms with van der Waals surface area (Å²) in [5, 5.41) is 6.70. The first kappa shape index (κ1) is 14.6. The summed E-state index contributed by atoms with van der Waals surface area (Å²) in [4.78, 5) is 12.4. The van der Waals surface area contributed by atoms with E-state index in [9.17, 15) is 4.79 Å². The normalized spacial score (nSPS) is 28.7. The summed E-state index contributed by atoms with van der Waals surface area (Å²) >= 11 is 0. The van der Waals surface area contributed by atoms with Crippen LogP contribution in [0.3, 0.4) is 0 Å². The van der Waals surface area contributed by atoms with E-state index in [2.05, 4.69) is 29.7 Å². The van der Waals surface area contributed by atoms with Crippen LogP contribution in [0, 0.1) is 12.8 Å². The molecule has 3 atom stereocenters. The SMILES string of the molecule is Cc1ccccc1CNC(=O)C1CCC2CCCCC2N1. The predicted molar refractivity (Wildman–Crippen MR) is 84.9 cm³/mol. The zero-order valence-corrected chi connectivity index (χ0v) is 12.9. The van der Waals surface area contributed by atoms with Gasteiger partial charge < -0.3 is 10.6 Å². The number of fused-ring (bicyclic) bond motifs is 1. The third kappa shape index (κ3) is 3.46. The van der Waals surface area contributed by atoms with Gasteiger partial charge in [0.05, 0.1) is 6.04 Å². The summed E-state index contributed by atoms with van der Waals surface area (Å²) in [7, 11) is 0. The van der Waals surface area contributed by atoms with Gasteiger partial charge in [0.15, 0.2) is 0 Å². The zero-order chi connectivity index (χ0) is 14.7. The number of hydrogen-bond acceptors (Lipinski definition) is 2. The summed E-state index contributed by atoms with van der Waals surface area (Å²) in [5.74, 6) is 0.974. The highest BCUT2D eigenvalue weighted by Gasteiger charge is 2.34. The van der Waals surface area contributed by atoms with E-state index in [1.165, 1.54) is 43.2 Å². The minimum atomic E-state index is 0.00775. The highest BCUT2D eigenvalue weighted by Crippen LogP contribution is 2.32. The Bertz CT molecular complexity index is 500. The zero-order valence-electron chi connectivity index (χ0n) is 12.9.